The standard InChI is InChI=1S/C16H9FO4/c17-10-3-1-9(2-4-10)12-7-19-15-11(14(12)18)5-6-13-16(15)21-8-20-13/h1-7H,8H2. The maximum atomic E-state index is 13.0. The molecule has 1 aromatic heterocycles. The first-order valence-electron chi connectivity index (χ1n) is 6.34. The largest absolute Gasteiger partial charge is 0.459 e. The lowest BCUT2D eigenvalue weighted by molar-refractivity contribution is 0.174. The van der Waals surface area contributed by atoms with E-state index < -0.39 is 0 Å². The molecule has 4 nitrogen and oxygen atoms in total. The monoisotopic (exact) mass is 284 g/mol. The molecule has 0 saturated carbocycles. The summed E-state index contributed by atoms with van der Waals surface area (Å²) >= 11 is 0. The van der Waals surface area contributed by atoms with E-state index in [4.69, 9.17) is 13.9 Å². The zero-order chi connectivity index (χ0) is 14.4. The predicted octanol–water partition coefficient (Wildman–Crippen LogP) is 3.33. The van der Waals surface area contributed by atoms with Gasteiger partial charge in [-0.15, -0.1) is 0 Å². The minimum Gasteiger partial charge on any atom is -0.459 e. The van der Waals surface area contributed by atoms with Gasteiger partial charge in [0, 0.05) is 0 Å². The first kappa shape index (κ1) is 12.0. The lowest BCUT2D eigenvalue weighted by Gasteiger charge is -2.04. The van der Waals surface area contributed by atoms with Crippen LogP contribution < -0.4 is 14.9 Å². The number of fused-ring (bicyclic) bond motifs is 3. The Morgan fingerprint density at radius 1 is 1.00 bits per heavy atom. The molecule has 0 saturated heterocycles. The second-order valence-electron chi connectivity index (χ2n) is 4.66. The molecule has 0 radical (unpaired) electrons. The molecule has 0 bridgehead atoms. The summed E-state index contributed by atoms with van der Waals surface area (Å²) < 4.78 is 29.1. The summed E-state index contributed by atoms with van der Waals surface area (Å²) in [6, 6.07) is 9.01. The third-order valence-electron chi connectivity index (χ3n) is 3.43. The van der Waals surface area contributed by atoms with Crippen LogP contribution in [-0.4, -0.2) is 6.79 Å². The van der Waals surface area contributed by atoms with Crippen molar-refractivity contribution in [3.63, 3.8) is 0 Å². The molecule has 1 aliphatic heterocycles. The maximum absolute atomic E-state index is 13.0. The van der Waals surface area contributed by atoms with Crippen LogP contribution in [0, 0.1) is 5.82 Å². The molecule has 0 N–H and O–H groups in total. The fraction of sp³-hybridized carbons (Fsp3) is 0.0625. The third kappa shape index (κ3) is 1.78. The first-order chi connectivity index (χ1) is 10.2. The minimum atomic E-state index is -0.354. The molecule has 1 aliphatic rings. The van der Waals surface area contributed by atoms with Gasteiger partial charge < -0.3 is 13.9 Å². The van der Waals surface area contributed by atoms with E-state index in [9.17, 15) is 9.18 Å². The van der Waals surface area contributed by atoms with E-state index in [1.807, 2.05) is 0 Å². The number of hydrogen-bond donors (Lipinski definition) is 0. The summed E-state index contributed by atoms with van der Waals surface area (Å²) in [5, 5.41) is 0.404. The third-order valence-corrected chi connectivity index (χ3v) is 3.43. The number of ether oxygens (including phenoxy) is 2. The topological polar surface area (TPSA) is 48.7 Å². The Kier molecular flexibility index (Phi) is 2.47. The van der Waals surface area contributed by atoms with Gasteiger partial charge in [-0.25, -0.2) is 4.39 Å². The molecular weight excluding hydrogens is 275 g/mol. The van der Waals surface area contributed by atoms with E-state index in [-0.39, 0.29) is 18.0 Å². The molecule has 4 rings (SSSR count). The van der Waals surface area contributed by atoms with Gasteiger partial charge in [0.2, 0.25) is 18.0 Å². The van der Waals surface area contributed by atoms with Crippen LogP contribution in [0.3, 0.4) is 0 Å². The molecule has 104 valence electrons. The van der Waals surface area contributed by atoms with Crippen LogP contribution >= 0.6 is 0 Å². The van der Waals surface area contributed by atoms with Crippen molar-refractivity contribution in [1.29, 1.82) is 0 Å². The Morgan fingerprint density at radius 3 is 2.62 bits per heavy atom. The number of halogens is 1. The minimum absolute atomic E-state index is 0.109. The second-order valence-corrected chi connectivity index (χ2v) is 4.66. The smallest absolute Gasteiger partial charge is 0.231 e. The van der Waals surface area contributed by atoms with E-state index in [2.05, 4.69) is 0 Å². The summed E-state index contributed by atoms with van der Waals surface area (Å²) in [6.07, 6.45) is 1.36. The molecule has 0 aliphatic carbocycles. The van der Waals surface area contributed by atoms with Gasteiger partial charge in [-0.05, 0) is 29.8 Å². The highest BCUT2D eigenvalue weighted by atomic mass is 19.1. The fourth-order valence-corrected chi connectivity index (χ4v) is 2.39. The van der Waals surface area contributed by atoms with Crippen molar-refractivity contribution in [2.24, 2.45) is 0 Å². The Morgan fingerprint density at radius 2 is 1.81 bits per heavy atom. The first-order valence-corrected chi connectivity index (χ1v) is 6.34. The molecule has 3 aromatic rings. The molecule has 0 unspecified atom stereocenters. The van der Waals surface area contributed by atoms with Gasteiger partial charge in [-0.2, -0.15) is 0 Å². The Labute approximate surface area is 118 Å². The Bertz CT molecular complexity index is 897. The van der Waals surface area contributed by atoms with Gasteiger partial charge >= 0.3 is 0 Å². The van der Waals surface area contributed by atoms with Crippen LogP contribution in [0.4, 0.5) is 4.39 Å². The molecule has 0 fully saturated rings. The number of hydrogen-bond acceptors (Lipinski definition) is 4. The van der Waals surface area contributed by atoms with E-state index in [1.54, 1.807) is 24.3 Å². The molecule has 0 amide bonds. The van der Waals surface area contributed by atoms with Gasteiger partial charge in [-0.1, -0.05) is 12.1 Å². The highest BCUT2D eigenvalue weighted by molar-refractivity contribution is 5.88. The lowest BCUT2D eigenvalue weighted by Crippen LogP contribution is -2.05. The van der Waals surface area contributed by atoms with Crippen molar-refractivity contribution >= 4 is 11.0 Å². The summed E-state index contributed by atoms with van der Waals surface area (Å²) in [5.41, 5.74) is 1.15. The molecule has 2 aromatic carbocycles. The average Bonchev–Trinajstić information content (AvgIpc) is 2.97. The van der Waals surface area contributed by atoms with Crippen molar-refractivity contribution < 1.29 is 18.3 Å². The number of rotatable bonds is 1. The van der Waals surface area contributed by atoms with Gasteiger partial charge in [0.05, 0.1) is 10.9 Å². The maximum Gasteiger partial charge on any atom is 0.231 e. The Balaban J connectivity index is 1.97. The lowest BCUT2D eigenvalue weighted by atomic mass is 10.1. The molecule has 0 spiro atoms. The summed E-state index contributed by atoms with van der Waals surface area (Å²) in [5.74, 6) is 0.641. The zero-order valence-corrected chi connectivity index (χ0v) is 10.8. The second kappa shape index (κ2) is 4.34. The van der Waals surface area contributed by atoms with Crippen LogP contribution in [0.15, 0.2) is 51.9 Å². The molecule has 0 atom stereocenters. The van der Waals surface area contributed by atoms with Crippen molar-refractivity contribution in [3.8, 4) is 22.6 Å². The fourth-order valence-electron chi connectivity index (χ4n) is 2.39. The van der Waals surface area contributed by atoms with Crippen molar-refractivity contribution in [3.05, 3.63) is 58.7 Å². The van der Waals surface area contributed by atoms with Crippen LogP contribution in [0.25, 0.3) is 22.1 Å². The quantitative estimate of drug-likeness (QED) is 0.687. The van der Waals surface area contributed by atoms with Gasteiger partial charge in [0.15, 0.2) is 11.3 Å². The van der Waals surface area contributed by atoms with Crippen LogP contribution in [0.5, 0.6) is 11.5 Å². The number of benzene rings is 2. The summed E-state index contributed by atoms with van der Waals surface area (Å²) in [7, 11) is 0. The summed E-state index contributed by atoms with van der Waals surface area (Å²) in [6.45, 7) is 0.109. The van der Waals surface area contributed by atoms with Crippen molar-refractivity contribution in [2.75, 3.05) is 6.79 Å². The normalized spacial score (nSPS) is 12.8. The van der Waals surface area contributed by atoms with E-state index in [0.717, 1.165) is 0 Å². The van der Waals surface area contributed by atoms with Gasteiger partial charge in [0.1, 0.15) is 12.1 Å². The predicted molar refractivity (Wildman–Crippen MR) is 74.0 cm³/mol. The van der Waals surface area contributed by atoms with Crippen molar-refractivity contribution in [2.45, 2.75) is 0 Å². The van der Waals surface area contributed by atoms with Gasteiger partial charge in [0.25, 0.3) is 0 Å². The summed E-state index contributed by atoms with van der Waals surface area (Å²) in [4.78, 5) is 12.6. The molecule has 21 heavy (non-hydrogen) atoms. The molecule has 5 heteroatoms. The average molecular weight is 284 g/mol. The van der Waals surface area contributed by atoms with Crippen LogP contribution in [-0.2, 0) is 0 Å². The van der Waals surface area contributed by atoms with Crippen LogP contribution in [0.1, 0.15) is 0 Å². The molecule has 2 heterocycles. The van der Waals surface area contributed by atoms with E-state index in [1.165, 1.54) is 18.4 Å². The van der Waals surface area contributed by atoms with Crippen molar-refractivity contribution in [1.82, 2.24) is 0 Å². The van der Waals surface area contributed by atoms with E-state index in [0.29, 0.717) is 33.6 Å². The van der Waals surface area contributed by atoms with E-state index >= 15 is 0 Å². The van der Waals surface area contributed by atoms with Crippen LogP contribution in [0.2, 0.25) is 0 Å². The SMILES string of the molecule is O=c1c(-c2ccc(F)cc2)coc2c3c(ccc12)OCO3. The van der Waals surface area contributed by atoms with Gasteiger partial charge in [-0.3, -0.25) is 4.79 Å². The zero-order valence-electron chi connectivity index (χ0n) is 10.8. The Hall–Kier alpha value is -2.82. The highest BCUT2D eigenvalue weighted by Gasteiger charge is 2.21. The molecular formula is C16H9FO4. The highest BCUT2D eigenvalue weighted by Crippen LogP contribution is 2.38.